The van der Waals surface area contributed by atoms with Crippen LogP contribution in [0.3, 0.4) is 0 Å². The van der Waals surface area contributed by atoms with E-state index in [0.29, 0.717) is 0 Å². The first-order chi connectivity index (χ1) is 10.1. The molecule has 0 aromatic heterocycles. The standard InChI is InChI=1S/C16H16N4S/c1-12-7-3-5-9-14(12)20(16(17)19-18-11-21)15-10-6-4-8-13(15)2/h3-10H,1-2H3,(H2,17,19). The number of benzene rings is 2. The maximum absolute atomic E-state index is 6.10. The second-order valence-corrected chi connectivity index (χ2v) is 4.74. The van der Waals surface area contributed by atoms with Gasteiger partial charge >= 0.3 is 0 Å². The van der Waals surface area contributed by atoms with Crippen LogP contribution in [0.5, 0.6) is 0 Å². The van der Waals surface area contributed by atoms with Gasteiger partial charge in [0.2, 0.25) is 5.96 Å². The number of thiocarbonyl (C=S) groups is 1. The molecular formula is C16H16N4S. The lowest BCUT2D eigenvalue weighted by Crippen LogP contribution is -2.34. The van der Waals surface area contributed by atoms with Crippen LogP contribution in [-0.4, -0.2) is 11.1 Å². The number of anilines is 2. The van der Waals surface area contributed by atoms with Gasteiger partial charge in [-0.05, 0) is 49.3 Å². The van der Waals surface area contributed by atoms with E-state index in [0.717, 1.165) is 22.5 Å². The van der Waals surface area contributed by atoms with Gasteiger partial charge in [-0.2, -0.15) is 0 Å². The highest BCUT2D eigenvalue weighted by Crippen LogP contribution is 2.30. The summed E-state index contributed by atoms with van der Waals surface area (Å²) in [5.41, 5.74) is 10.2. The molecule has 2 N–H and O–H groups in total. The Kier molecular flexibility index (Phi) is 4.82. The molecule has 0 aliphatic heterocycles. The summed E-state index contributed by atoms with van der Waals surface area (Å²) in [6.07, 6.45) is 0. The second kappa shape index (κ2) is 6.79. The molecule has 2 aromatic rings. The van der Waals surface area contributed by atoms with Crippen molar-refractivity contribution in [3.8, 4) is 0 Å². The quantitative estimate of drug-likeness (QED) is 0.406. The Balaban J connectivity index is 2.63. The molecule has 0 aliphatic rings. The fourth-order valence-electron chi connectivity index (χ4n) is 2.12. The van der Waals surface area contributed by atoms with Crippen LogP contribution in [0, 0.1) is 13.8 Å². The molecule has 5 heteroatoms. The van der Waals surface area contributed by atoms with E-state index in [1.165, 1.54) is 0 Å². The van der Waals surface area contributed by atoms with Crippen molar-refractivity contribution >= 4 is 34.7 Å². The Morgan fingerprint density at radius 3 is 1.90 bits per heavy atom. The topological polar surface area (TPSA) is 54.0 Å². The smallest absolute Gasteiger partial charge is 0.226 e. The van der Waals surface area contributed by atoms with Crippen molar-refractivity contribution in [2.75, 3.05) is 4.90 Å². The molecule has 0 bridgehead atoms. The highest BCUT2D eigenvalue weighted by Gasteiger charge is 2.17. The van der Waals surface area contributed by atoms with Crippen molar-refractivity contribution in [3.63, 3.8) is 0 Å². The lowest BCUT2D eigenvalue weighted by atomic mass is 10.1. The highest BCUT2D eigenvalue weighted by atomic mass is 32.1. The molecule has 4 nitrogen and oxygen atoms in total. The number of nitrogens with two attached hydrogens (primary N) is 1. The minimum atomic E-state index is 0.246. The van der Waals surface area contributed by atoms with Crippen LogP contribution in [0.4, 0.5) is 11.4 Å². The summed E-state index contributed by atoms with van der Waals surface area (Å²) in [5.74, 6) is 0.246. The normalized spacial score (nSPS) is 10.9. The summed E-state index contributed by atoms with van der Waals surface area (Å²) in [6, 6.07) is 15.9. The van der Waals surface area contributed by atoms with Gasteiger partial charge in [0, 0.05) is 0 Å². The first kappa shape index (κ1) is 14.9. The van der Waals surface area contributed by atoms with Gasteiger partial charge in [0.05, 0.1) is 16.5 Å². The molecule has 0 unspecified atom stereocenters. The van der Waals surface area contributed by atoms with Crippen LogP contribution in [0.25, 0.3) is 0 Å². The zero-order chi connectivity index (χ0) is 15.2. The minimum absolute atomic E-state index is 0.246. The molecule has 0 saturated heterocycles. The summed E-state index contributed by atoms with van der Waals surface area (Å²) >= 11 is 4.54. The number of para-hydroxylation sites is 2. The number of hydrogen-bond donors (Lipinski definition) is 1. The van der Waals surface area contributed by atoms with Gasteiger partial charge < -0.3 is 5.73 Å². The Hall–Kier alpha value is -2.49. The third-order valence-corrected chi connectivity index (χ3v) is 3.22. The number of isothiocyanates is 1. The molecule has 0 atom stereocenters. The largest absolute Gasteiger partial charge is 0.368 e. The van der Waals surface area contributed by atoms with Gasteiger partial charge in [-0.25, -0.2) is 0 Å². The number of hydrogen-bond acceptors (Lipinski definition) is 3. The first-order valence-corrected chi connectivity index (χ1v) is 6.87. The minimum Gasteiger partial charge on any atom is -0.368 e. The maximum atomic E-state index is 6.10. The average Bonchev–Trinajstić information content (AvgIpc) is 2.49. The monoisotopic (exact) mass is 296 g/mol. The van der Waals surface area contributed by atoms with Crippen LogP contribution < -0.4 is 10.6 Å². The zero-order valence-electron chi connectivity index (χ0n) is 11.9. The van der Waals surface area contributed by atoms with Crippen LogP contribution in [0.15, 0.2) is 58.7 Å². The lowest BCUT2D eigenvalue weighted by Gasteiger charge is -2.26. The van der Waals surface area contributed by atoms with Crippen LogP contribution >= 0.6 is 12.2 Å². The number of guanidine groups is 1. The third kappa shape index (κ3) is 3.34. The second-order valence-electron chi connectivity index (χ2n) is 4.56. The van der Waals surface area contributed by atoms with E-state index < -0.39 is 0 Å². The molecule has 2 aromatic carbocycles. The third-order valence-electron chi connectivity index (χ3n) is 3.14. The van der Waals surface area contributed by atoms with E-state index >= 15 is 0 Å². The van der Waals surface area contributed by atoms with Crippen molar-refractivity contribution in [2.24, 2.45) is 15.9 Å². The SMILES string of the molecule is Cc1ccccc1N(/C(N)=N/N=C=S)c1ccccc1C. The van der Waals surface area contributed by atoms with E-state index in [-0.39, 0.29) is 5.96 Å². The number of rotatable bonds is 3. The molecule has 0 radical (unpaired) electrons. The van der Waals surface area contributed by atoms with Crippen molar-refractivity contribution < 1.29 is 0 Å². The first-order valence-electron chi connectivity index (χ1n) is 6.47. The predicted molar refractivity (Wildman–Crippen MR) is 91.1 cm³/mol. The highest BCUT2D eigenvalue weighted by molar-refractivity contribution is 7.78. The van der Waals surface area contributed by atoms with Crippen molar-refractivity contribution in [1.29, 1.82) is 0 Å². The van der Waals surface area contributed by atoms with Gasteiger partial charge in [-0.3, -0.25) is 4.90 Å². The fraction of sp³-hybridized carbons (Fsp3) is 0.125. The Morgan fingerprint density at radius 1 is 1.00 bits per heavy atom. The molecule has 0 saturated carbocycles. The van der Waals surface area contributed by atoms with Gasteiger partial charge in [-0.1, -0.05) is 41.5 Å². The number of aryl methyl sites for hydroxylation is 2. The zero-order valence-corrected chi connectivity index (χ0v) is 12.8. The summed E-state index contributed by atoms with van der Waals surface area (Å²) in [7, 11) is 0. The molecule has 2 rings (SSSR count). The molecule has 0 fully saturated rings. The van der Waals surface area contributed by atoms with Crippen LogP contribution in [-0.2, 0) is 0 Å². The Labute approximate surface area is 129 Å². The van der Waals surface area contributed by atoms with Crippen molar-refractivity contribution in [3.05, 3.63) is 59.7 Å². The molecule has 0 spiro atoms. The van der Waals surface area contributed by atoms with Gasteiger partial charge in [-0.15, -0.1) is 5.10 Å². The van der Waals surface area contributed by atoms with Gasteiger partial charge in [0.1, 0.15) is 0 Å². The lowest BCUT2D eigenvalue weighted by molar-refractivity contribution is 1.17. The fourth-order valence-corrected chi connectivity index (χ4v) is 2.16. The van der Waals surface area contributed by atoms with E-state index in [2.05, 4.69) is 27.6 Å². The molecule has 106 valence electrons. The summed E-state index contributed by atoms with van der Waals surface area (Å²) in [5, 5.41) is 9.70. The molecule has 0 heterocycles. The van der Waals surface area contributed by atoms with E-state index in [9.17, 15) is 0 Å². The van der Waals surface area contributed by atoms with Crippen LogP contribution in [0.2, 0.25) is 0 Å². The Bertz CT molecular complexity index is 672. The molecule has 0 aliphatic carbocycles. The van der Waals surface area contributed by atoms with E-state index in [1.807, 2.05) is 67.3 Å². The Morgan fingerprint density at radius 2 is 1.48 bits per heavy atom. The van der Waals surface area contributed by atoms with E-state index in [4.69, 9.17) is 5.73 Å². The molecule has 21 heavy (non-hydrogen) atoms. The summed E-state index contributed by atoms with van der Waals surface area (Å²) < 4.78 is 0. The number of nitrogens with zero attached hydrogens (tertiary/aromatic N) is 3. The summed E-state index contributed by atoms with van der Waals surface area (Å²) in [4.78, 5) is 1.86. The van der Waals surface area contributed by atoms with Crippen molar-refractivity contribution in [2.45, 2.75) is 13.8 Å². The average molecular weight is 296 g/mol. The molecule has 0 amide bonds. The maximum Gasteiger partial charge on any atom is 0.226 e. The molecular weight excluding hydrogens is 280 g/mol. The van der Waals surface area contributed by atoms with Gasteiger partial charge in [0.15, 0.2) is 0 Å². The van der Waals surface area contributed by atoms with Crippen LogP contribution in [0.1, 0.15) is 11.1 Å². The van der Waals surface area contributed by atoms with Gasteiger partial charge in [0.25, 0.3) is 0 Å². The van der Waals surface area contributed by atoms with E-state index in [1.54, 1.807) is 0 Å². The van der Waals surface area contributed by atoms with Crippen molar-refractivity contribution in [1.82, 2.24) is 0 Å². The predicted octanol–water partition coefficient (Wildman–Crippen LogP) is 3.77. The summed E-state index contributed by atoms with van der Waals surface area (Å²) in [6.45, 7) is 4.05.